The molecule has 0 aromatic carbocycles. The molecule has 2 N–H and O–H groups in total. The zero-order valence-electron chi connectivity index (χ0n) is 8.36. The van der Waals surface area contributed by atoms with Crippen LogP contribution < -0.4 is 10.5 Å². The lowest BCUT2D eigenvalue weighted by molar-refractivity contribution is -0.276. The Hall–Kier alpha value is -1.58. The Morgan fingerprint density at radius 1 is 1.17 bits per heavy atom. The van der Waals surface area contributed by atoms with Crippen molar-refractivity contribution in [2.24, 2.45) is 5.73 Å². The predicted molar refractivity (Wildman–Crippen MR) is 43.8 cm³/mol. The summed E-state index contributed by atoms with van der Waals surface area (Å²) in [6.45, 7) is -0.720. The third-order valence-electron chi connectivity index (χ3n) is 1.78. The molecular formula is C8H5F7N2O. The lowest BCUT2D eigenvalue weighted by Gasteiger charge is -2.17. The summed E-state index contributed by atoms with van der Waals surface area (Å²) in [6.07, 6.45) is -10.3. The van der Waals surface area contributed by atoms with Gasteiger partial charge in [0, 0.05) is 18.3 Å². The van der Waals surface area contributed by atoms with Gasteiger partial charge in [-0.05, 0) is 0 Å². The molecule has 1 rings (SSSR count). The summed E-state index contributed by atoms with van der Waals surface area (Å²) in [7, 11) is 0. The van der Waals surface area contributed by atoms with E-state index in [1.54, 1.807) is 0 Å². The molecule has 1 heterocycles. The fraction of sp³-hybridized carbons (Fsp3) is 0.375. The van der Waals surface area contributed by atoms with Crippen LogP contribution in [0.2, 0.25) is 0 Å². The Kier molecular flexibility index (Phi) is 3.70. The number of rotatable bonds is 2. The van der Waals surface area contributed by atoms with Crippen LogP contribution in [0.4, 0.5) is 30.7 Å². The fourth-order valence-corrected chi connectivity index (χ4v) is 1.14. The van der Waals surface area contributed by atoms with Gasteiger partial charge in [0.15, 0.2) is 11.3 Å². The van der Waals surface area contributed by atoms with Gasteiger partial charge in [-0.25, -0.2) is 4.98 Å². The SMILES string of the molecule is NCc1cnc(F)c(C(F)(F)F)c1OC(F)(F)F. The van der Waals surface area contributed by atoms with E-state index in [-0.39, 0.29) is 0 Å². The molecule has 0 aliphatic carbocycles. The first-order chi connectivity index (χ1) is 8.06. The summed E-state index contributed by atoms with van der Waals surface area (Å²) in [4.78, 5) is 2.69. The van der Waals surface area contributed by atoms with Gasteiger partial charge >= 0.3 is 12.5 Å². The molecule has 1 aromatic rings. The van der Waals surface area contributed by atoms with Crippen LogP contribution in [0.3, 0.4) is 0 Å². The van der Waals surface area contributed by atoms with E-state index in [4.69, 9.17) is 5.73 Å². The Morgan fingerprint density at radius 2 is 1.72 bits per heavy atom. The molecule has 0 aliphatic heterocycles. The topological polar surface area (TPSA) is 48.1 Å². The number of halogens is 7. The average molecular weight is 278 g/mol. The van der Waals surface area contributed by atoms with Crippen molar-refractivity contribution in [3.05, 3.63) is 23.3 Å². The van der Waals surface area contributed by atoms with Gasteiger partial charge in [0.05, 0.1) is 0 Å². The van der Waals surface area contributed by atoms with Crippen LogP contribution in [0, 0.1) is 5.95 Å². The molecule has 102 valence electrons. The molecule has 0 amide bonds. The summed E-state index contributed by atoms with van der Waals surface area (Å²) in [6, 6.07) is 0. The lowest BCUT2D eigenvalue weighted by atomic mass is 10.1. The molecule has 0 bridgehead atoms. The first kappa shape index (κ1) is 14.5. The molecule has 0 saturated heterocycles. The maximum atomic E-state index is 12.9. The third-order valence-corrected chi connectivity index (χ3v) is 1.78. The molecule has 10 heteroatoms. The zero-order chi connectivity index (χ0) is 14.1. The van der Waals surface area contributed by atoms with Crippen molar-refractivity contribution in [2.75, 3.05) is 0 Å². The van der Waals surface area contributed by atoms with Crippen LogP contribution in [-0.4, -0.2) is 11.3 Å². The smallest absolute Gasteiger partial charge is 0.405 e. The number of ether oxygens (including phenoxy) is 1. The van der Waals surface area contributed by atoms with E-state index in [1.165, 1.54) is 0 Å². The maximum absolute atomic E-state index is 12.9. The van der Waals surface area contributed by atoms with Gasteiger partial charge < -0.3 is 10.5 Å². The molecule has 0 spiro atoms. The summed E-state index contributed by atoms with van der Waals surface area (Å²) in [5.41, 5.74) is 2.01. The monoisotopic (exact) mass is 278 g/mol. The summed E-state index contributed by atoms with van der Waals surface area (Å²) >= 11 is 0. The van der Waals surface area contributed by atoms with Crippen LogP contribution in [0.1, 0.15) is 11.1 Å². The molecule has 0 unspecified atom stereocenters. The number of pyridine rings is 1. The third kappa shape index (κ3) is 3.22. The van der Waals surface area contributed by atoms with Crippen molar-refractivity contribution in [1.82, 2.24) is 4.98 Å². The molecule has 18 heavy (non-hydrogen) atoms. The number of nitrogens with two attached hydrogens (primary N) is 1. The number of aromatic nitrogens is 1. The van der Waals surface area contributed by atoms with E-state index in [0.717, 1.165) is 0 Å². The normalized spacial score (nSPS) is 12.7. The Balaban J connectivity index is 3.47. The van der Waals surface area contributed by atoms with Crippen molar-refractivity contribution in [3.8, 4) is 5.75 Å². The highest BCUT2D eigenvalue weighted by atomic mass is 19.4. The molecule has 1 aromatic heterocycles. The van der Waals surface area contributed by atoms with Crippen LogP contribution in [0.5, 0.6) is 5.75 Å². The molecular weight excluding hydrogens is 273 g/mol. The Labute approximate surface area is 95.4 Å². The highest BCUT2D eigenvalue weighted by Crippen LogP contribution is 2.41. The summed E-state index contributed by atoms with van der Waals surface area (Å²) in [5, 5.41) is 0. The second kappa shape index (κ2) is 4.59. The van der Waals surface area contributed by atoms with Gasteiger partial charge in [0.25, 0.3) is 0 Å². The predicted octanol–water partition coefficient (Wildman–Crippen LogP) is 2.60. The Morgan fingerprint density at radius 3 is 2.11 bits per heavy atom. The van der Waals surface area contributed by atoms with E-state index in [9.17, 15) is 30.7 Å². The second-order valence-corrected chi connectivity index (χ2v) is 3.03. The van der Waals surface area contributed by atoms with Gasteiger partial charge in [-0.3, -0.25) is 0 Å². The van der Waals surface area contributed by atoms with E-state index in [2.05, 4.69) is 9.72 Å². The van der Waals surface area contributed by atoms with Crippen LogP contribution in [0.15, 0.2) is 6.20 Å². The number of nitrogens with zero attached hydrogens (tertiary/aromatic N) is 1. The van der Waals surface area contributed by atoms with Crippen molar-refractivity contribution in [3.63, 3.8) is 0 Å². The minimum atomic E-state index is -5.41. The minimum absolute atomic E-state index is 0.450. The van der Waals surface area contributed by atoms with Crippen molar-refractivity contribution >= 4 is 0 Å². The molecule has 0 saturated carbocycles. The fourth-order valence-electron chi connectivity index (χ4n) is 1.14. The van der Waals surface area contributed by atoms with Gasteiger partial charge in [0.1, 0.15) is 0 Å². The van der Waals surface area contributed by atoms with E-state index < -0.39 is 41.9 Å². The van der Waals surface area contributed by atoms with Crippen LogP contribution >= 0.6 is 0 Å². The highest BCUT2D eigenvalue weighted by molar-refractivity contribution is 5.41. The quantitative estimate of drug-likeness (QED) is 0.668. The highest BCUT2D eigenvalue weighted by Gasteiger charge is 2.43. The van der Waals surface area contributed by atoms with Crippen molar-refractivity contribution < 1.29 is 35.5 Å². The van der Waals surface area contributed by atoms with Gasteiger partial charge in [-0.2, -0.15) is 17.6 Å². The van der Waals surface area contributed by atoms with Gasteiger partial charge in [-0.15, -0.1) is 13.2 Å². The lowest BCUT2D eigenvalue weighted by Crippen LogP contribution is -2.23. The first-order valence-electron chi connectivity index (χ1n) is 4.26. The summed E-state index contributed by atoms with van der Waals surface area (Å²) in [5.74, 6) is -3.83. The van der Waals surface area contributed by atoms with Crippen molar-refractivity contribution in [1.29, 1.82) is 0 Å². The van der Waals surface area contributed by atoms with E-state index in [0.29, 0.717) is 6.20 Å². The number of hydrogen-bond donors (Lipinski definition) is 1. The second-order valence-electron chi connectivity index (χ2n) is 3.03. The van der Waals surface area contributed by atoms with E-state index >= 15 is 0 Å². The maximum Gasteiger partial charge on any atom is 0.573 e. The molecule has 0 aliphatic rings. The zero-order valence-corrected chi connectivity index (χ0v) is 8.36. The van der Waals surface area contributed by atoms with Crippen LogP contribution in [-0.2, 0) is 12.7 Å². The van der Waals surface area contributed by atoms with Gasteiger partial charge in [-0.1, -0.05) is 0 Å². The molecule has 3 nitrogen and oxygen atoms in total. The van der Waals surface area contributed by atoms with E-state index in [1.807, 2.05) is 0 Å². The molecule has 0 fully saturated rings. The summed E-state index contributed by atoms with van der Waals surface area (Å²) < 4.78 is 89.4. The standard InChI is InChI=1S/C8H5F7N2O/c9-6-4(7(10,11)12)5(18-8(13,14)15)3(1-16)2-17-6/h2H,1,16H2. The average Bonchev–Trinajstić information content (AvgIpc) is 2.13. The van der Waals surface area contributed by atoms with Crippen molar-refractivity contribution in [2.45, 2.75) is 19.1 Å². The number of alkyl halides is 6. The molecule has 0 atom stereocenters. The van der Waals surface area contributed by atoms with Gasteiger partial charge in [0.2, 0.25) is 5.95 Å². The molecule has 0 radical (unpaired) electrons. The largest absolute Gasteiger partial charge is 0.573 e. The Bertz CT molecular complexity index is 440. The number of hydrogen-bond acceptors (Lipinski definition) is 3. The van der Waals surface area contributed by atoms with Crippen LogP contribution in [0.25, 0.3) is 0 Å². The minimum Gasteiger partial charge on any atom is -0.405 e. The first-order valence-corrected chi connectivity index (χ1v) is 4.26.